The molecular weight excluding hydrogens is 292 g/mol. The summed E-state index contributed by atoms with van der Waals surface area (Å²) < 4.78 is 10.7. The number of rotatable bonds is 9. The Kier molecular flexibility index (Phi) is 8.12. The smallest absolute Gasteiger partial charge is 0.224 e. The zero-order chi connectivity index (χ0) is 15.7. The Morgan fingerprint density at radius 3 is 2.76 bits per heavy atom. The Morgan fingerprint density at radius 2 is 2.10 bits per heavy atom. The van der Waals surface area contributed by atoms with Crippen molar-refractivity contribution in [3.8, 4) is 0 Å². The molecule has 0 aliphatic heterocycles. The summed E-state index contributed by atoms with van der Waals surface area (Å²) in [6.45, 7) is 5.63. The number of carbonyl (C=O) groups excluding carboxylic acids is 1. The molecule has 118 valence electrons. The van der Waals surface area contributed by atoms with Gasteiger partial charge >= 0.3 is 0 Å². The van der Waals surface area contributed by atoms with Crippen LogP contribution in [0.1, 0.15) is 26.7 Å². The summed E-state index contributed by atoms with van der Waals surface area (Å²) in [4.78, 5) is 11.7. The minimum absolute atomic E-state index is 0.0706. The maximum atomic E-state index is 11.7. The van der Waals surface area contributed by atoms with E-state index in [1.807, 2.05) is 13.8 Å². The van der Waals surface area contributed by atoms with Gasteiger partial charge in [0.25, 0.3) is 0 Å². The normalized spacial score (nSPS) is 10.9. The first kappa shape index (κ1) is 17.8. The Bertz CT molecular complexity index is 453. The monoisotopic (exact) mass is 314 g/mol. The number of halogens is 1. The number of hydrogen-bond acceptors (Lipinski definition) is 4. The Morgan fingerprint density at radius 1 is 1.33 bits per heavy atom. The van der Waals surface area contributed by atoms with E-state index in [1.54, 1.807) is 18.2 Å². The second-order valence-electron chi connectivity index (χ2n) is 4.92. The number of amides is 1. The fraction of sp³-hybridized carbons (Fsp3) is 0.533. The third-order valence-electron chi connectivity index (χ3n) is 2.65. The van der Waals surface area contributed by atoms with E-state index in [0.29, 0.717) is 49.1 Å². The van der Waals surface area contributed by atoms with Crippen molar-refractivity contribution in [3.63, 3.8) is 0 Å². The summed E-state index contributed by atoms with van der Waals surface area (Å²) in [5.41, 5.74) is 6.76. The molecule has 21 heavy (non-hydrogen) atoms. The van der Waals surface area contributed by atoms with E-state index in [4.69, 9.17) is 26.8 Å². The van der Waals surface area contributed by atoms with Crippen LogP contribution in [-0.4, -0.2) is 31.8 Å². The molecule has 0 aliphatic carbocycles. The zero-order valence-corrected chi connectivity index (χ0v) is 13.3. The number of ether oxygens (including phenoxy) is 2. The van der Waals surface area contributed by atoms with E-state index in [9.17, 15) is 4.79 Å². The zero-order valence-electron chi connectivity index (χ0n) is 12.5. The molecule has 0 bridgehead atoms. The van der Waals surface area contributed by atoms with E-state index in [1.165, 1.54) is 0 Å². The van der Waals surface area contributed by atoms with E-state index in [-0.39, 0.29) is 12.0 Å². The lowest BCUT2D eigenvalue weighted by molar-refractivity contribution is -0.116. The molecule has 0 saturated carbocycles. The number of nitrogen functional groups attached to an aromatic ring is 1. The van der Waals surface area contributed by atoms with Crippen LogP contribution in [0.4, 0.5) is 11.4 Å². The van der Waals surface area contributed by atoms with Gasteiger partial charge < -0.3 is 20.5 Å². The molecule has 5 nitrogen and oxygen atoms in total. The molecule has 0 atom stereocenters. The third-order valence-corrected chi connectivity index (χ3v) is 3.00. The summed E-state index contributed by atoms with van der Waals surface area (Å²) in [6, 6.07) is 5.01. The van der Waals surface area contributed by atoms with Gasteiger partial charge in [0, 0.05) is 18.7 Å². The van der Waals surface area contributed by atoms with E-state index in [2.05, 4.69) is 5.32 Å². The highest BCUT2D eigenvalue weighted by Crippen LogP contribution is 2.22. The van der Waals surface area contributed by atoms with Crippen molar-refractivity contribution in [2.75, 3.05) is 30.9 Å². The van der Waals surface area contributed by atoms with E-state index >= 15 is 0 Å². The number of benzene rings is 1. The predicted molar refractivity (Wildman–Crippen MR) is 85.6 cm³/mol. The van der Waals surface area contributed by atoms with Crippen molar-refractivity contribution in [2.45, 2.75) is 32.8 Å². The van der Waals surface area contributed by atoms with Crippen LogP contribution >= 0.6 is 11.6 Å². The molecule has 3 N–H and O–H groups in total. The molecule has 6 heteroatoms. The summed E-state index contributed by atoms with van der Waals surface area (Å²) in [7, 11) is 0. The molecule has 0 spiro atoms. The SMILES string of the molecule is CC(C)OCCOCCCC(=O)Nc1ccc(Cl)c(N)c1. The second kappa shape index (κ2) is 9.60. The van der Waals surface area contributed by atoms with Crippen molar-refractivity contribution < 1.29 is 14.3 Å². The van der Waals surface area contributed by atoms with Crippen LogP contribution in [0.3, 0.4) is 0 Å². The second-order valence-corrected chi connectivity index (χ2v) is 5.33. The maximum Gasteiger partial charge on any atom is 0.224 e. The van der Waals surface area contributed by atoms with Crippen LogP contribution in [0.2, 0.25) is 5.02 Å². The van der Waals surface area contributed by atoms with Crippen molar-refractivity contribution in [3.05, 3.63) is 23.2 Å². The quantitative estimate of drug-likeness (QED) is 0.542. The first-order chi connectivity index (χ1) is 9.99. The van der Waals surface area contributed by atoms with Crippen molar-refractivity contribution in [2.24, 2.45) is 0 Å². The van der Waals surface area contributed by atoms with Gasteiger partial charge in [0.1, 0.15) is 0 Å². The molecule has 0 aromatic heterocycles. The van der Waals surface area contributed by atoms with Gasteiger partial charge in [-0.2, -0.15) is 0 Å². The van der Waals surface area contributed by atoms with Crippen LogP contribution in [0.5, 0.6) is 0 Å². The Hall–Kier alpha value is -1.30. The largest absolute Gasteiger partial charge is 0.397 e. The van der Waals surface area contributed by atoms with Gasteiger partial charge in [-0.3, -0.25) is 4.79 Å². The lowest BCUT2D eigenvalue weighted by atomic mass is 10.2. The highest BCUT2D eigenvalue weighted by Gasteiger charge is 2.04. The highest BCUT2D eigenvalue weighted by molar-refractivity contribution is 6.33. The van der Waals surface area contributed by atoms with Crippen molar-refractivity contribution in [1.82, 2.24) is 0 Å². The summed E-state index contributed by atoms with van der Waals surface area (Å²) in [5.74, 6) is -0.0706. The fourth-order valence-corrected chi connectivity index (χ4v) is 1.74. The van der Waals surface area contributed by atoms with Gasteiger partial charge in [-0.15, -0.1) is 0 Å². The van der Waals surface area contributed by atoms with Crippen LogP contribution in [0, 0.1) is 0 Å². The molecule has 0 saturated heterocycles. The standard InChI is InChI=1S/C15H23ClN2O3/c1-11(2)21-9-8-20-7-3-4-15(19)18-12-5-6-13(16)14(17)10-12/h5-6,10-11H,3-4,7-9,17H2,1-2H3,(H,18,19). The summed E-state index contributed by atoms with van der Waals surface area (Å²) in [5, 5.41) is 3.25. The lowest BCUT2D eigenvalue weighted by Crippen LogP contribution is -2.13. The molecule has 0 aliphatic rings. The number of anilines is 2. The van der Waals surface area contributed by atoms with Crippen LogP contribution in [0.25, 0.3) is 0 Å². The van der Waals surface area contributed by atoms with Gasteiger partial charge in [-0.25, -0.2) is 0 Å². The maximum absolute atomic E-state index is 11.7. The van der Waals surface area contributed by atoms with Gasteiger partial charge in [-0.1, -0.05) is 11.6 Å². The molecular formula is C15H23ClN2O3. The van der Waals surface area contributed by atoms with Crippen LogP contribution in [0.15, 0.2) is 18.2 Å². The Labute approximate surface area is 130 Å². The highest BCUT2D eigenvalue weighted by atomic mass is 35.5. The topological polar surface area (TPSA) is 73.6 Å². The van der Waals surface area contributed by atoms with Gasteiger partial charge in [0.2, 0.25) is 5.91 Å². The lowest BCUT2D eigenvalue weighted by Gasteiger charge is -2.09. The fourth-order valence-electron chi connectivity index (χ4n) is 1.62. The van der Waals surface area contributed by atoms with Crippen molar-refractivity contribution in [1.29, 1.82) is 0 Å². The minimum Gasteiger partial charge on any atom is -0.397 e. The van der Waals surface area contributed by atoms with Crippen molar-refractivity contribution >= 4 is 28.9 Å². The summed E-state index contributed by atoms with van der Waals surface area (Å²) >= 11 is 5.82. The third kappa shape index (κ3) is 7.90. The van der Waals surface area contributed by atoms with E-state index in [0.717, 1.165) is 0 Å². The Balaban J connectivity index is 2.12. The van der Waals surface area contributed by atoms with Gasteiger partial charge in [-0.05, 0) is 38.5 Å². The number of carbonyl (C=O) groups is 1. The molecule has 0 heterocycles. The molecule has 0 fully saturated rings. The molecule has 1 amide bonds. The van der Waals surface area contributed by atoms with Crippen LogP contribution < -0.4 is 11.1 Å². The van der Waals surface area contributed by atoms with Gasteiger partial charge in [0.05, 0.1) is 30.0 Å². The molecule has 1 aromatic carbocycles. The summed E-state index contributed by atoms with van der Waals surface area (Å²) in [6.07, 6.45) is 1.27. The number of nitrogens with one attached hydrogen (secondary N) is 1. The average Bonchev–Trinajstić information content (AvgIpc) is 2.41. The number of hydrogen-bond donors (Lipinski definition) is 2. The molecule has 0 unspecified atom stereocenters. The number of nitrogens with two attached hydrogens (primary N) is 1. The first-order valence-electron chi connectivity index (χ1n) is 7.03. The predicted octanol–water partition coefficient (Wildman–Crippen LogP) is 3.08. The van der Waals surface area contributed by atoms with Gasteiger partial charge in [0.15, 0.2) is 0 Å². The molecule has 1 rings (SSSR count). The molecule has 1 aromatic rings. The average molecular weight is 315 g/mol. The first-order valence-corrected chi connectivity index (χ1v) is 7.41. The minimum atomic E-state index is -0.0706. The molecule has 0 radical (unpaired) electrons. The van der Waals surface area contributed by atoms with Crippen LogP contribution in [-0.2, 0) is 14.3 Å². The van der Waals surface area contributed by atoms with E-state index < -0.39 is 0 Å².